The lowest BCUT2D eigenvalue weighted by Gasteiger charge is -2.27. The van der Waals surface area contributed by atoms with Crippen molar-refractivity contribution in [2.45, 2.75) is 26.7 Å². The first-order valence-corrected chi connectivity index (χ1v) is 9.07. The summed E-state index contributed by atoms with van der Waals surface area (Å²) in [7, 11) is 1.67. The molecule has 0 amide bonds. The van der Waals surface area contributed by atoms with Crippen molar-refractivity contribution in [1.82, 2.24) is 0 Å². The third kappa shape index (κ3) is 6.17. The van der Waals surface area contributed by atoms with Crippen LogP contribution in [0.4, 0.5) is 0 Å². The fourth-order valence-electron chi connectivity index (χ4n) is 3.25. The number of likely N-dealkylation sites (tertiary alicyclic amines) is 1. The number of quaternary nitrogens is 1. The summed E-state index contributed by atoms with van der Waals surface area (Å²) in [6, 6.07) is 5.96. The first-order valence-electron chi connectivity index (χ1n) is 9.07. The molecule has 2 rings (SSSR count). The highest BCUT2D eigenvalue weighted by molar-refractivity contribution is 5.55. The smallest absolute Gasteiger partial charge is 0.161 e. The monoisotopic (exact) mass is 334 g/mol. The van der Waals surface area contributed by atoms with Gasteiger partial charge in [0, 0.05) is 5.92 Å². The largest absolute Gasteiger partial charge is 0.493 e. The number of hydrogen-bond acceptors (Lipinski definition) is 3. The Labute approximate surface area is 146 Å². The summed E-state index contributed by atoms with van der Waals surface area (Å²) >= 11 is 0. The van der Waals surface area contributed by atoms with Crippen LogP contribution in [0.2, 0.25) is 0 Å². The standard InChI is InChI=1S/C20H31NO3/c1-4-6-18-8-9-19(20(15-18)22-3)24-14-13-23-12-11-21-10-5-7-17(2)16-21/h4,6,8-9,15,17H,5,7,10-14,16H2,1-3H3/p+1/b6-4+/t17-/m1/s1. The molecule has 1 aromatic rings. The van der Waals surface area contributed by atoms with Gasteiger partial charge in [-0.05, 0) is 37.5 Å². The van der Waals surface area contributed by atoms with Crippen molar-refractivity contribution >= 4 is 6.08 Å². The van der Waals surface area contributed by atoms with E-state index in [4.69, 9.17) is 14.2 Å². The minimum absolute atomic E-state index is 0.547. The second-order valence-corrected chi connectivity index (χ2v) is 6.57. The van der Waals surface area contributed by atoms with Gasteiger partial charge in [-0.2, -0.15) is 0 Å². The van der Waals surface area contributed by atoms with Crippen molar-refractivity contribution in [3.8, 4) is 11.5 Å². The van der Waals surface area contributed by atoms with Gasteiger partial charge in [0.25, 0.3) is 0 Å². The highest BCUT2D eigenvalue weighted by Gasteiger charge is 2.18. The molecule has 0 bridgehead atoms. The van der Waals surface area contributed by atoms with Crippen LogP contribution in [0.5, 0.6) is 11.5 Å². The normalized spacial score (nSPS) is 21.1. The van der Waals surface area contributed by atoms with Crippen molar-refractivity contribution in [3.63, 3.8) is 0 Å². The van der Waals surface area contributed by atoms with Crippen LogP contribution in [-0.2, 0) is 4.74 Å². The van der Waals surface area contributed by atoms with E-state index < -0.39 is 0 Å². The van der Waals surface area contributed by atoms with E-state index in [0.29, 0.717) is 13.2 Å². The first-order chi connectivity index (χ1) is 11.7. The number of methoxy groups -OCH3 is 1. The van der Waals surface area contributed by atoms with E-state index in [1.54, 1.807) is 12.0 Å². The summed E-state index contributed by atoms with van der Waals surface area (Å²) in [5.41, 5.74) is 1.11. The van der Waals surface area contributed by atoms with Crippen molar-refractivity contribution < 1.29 is 19.1 Å². The molecule has 0 saturated carbocycles. The number of nitrogens with one attached hydrogen (secondary N) is 1. The fourth-order valence-corrected chi connectivity index (χ4v) is 3.25. The van der Waals surface area contributed by atoms with E-state index >= 15 is 0 Å². The van der Waals surface area contributed by atoms with Crippen molar-refractivity contribution in [3.05, 3.63) is 29.8 Å². The second-order valence-electron chi connectivity index (χ2n) is 6.57. The maximum atomic E-state index is 5.79. The van der Waals surface area contributed by atoms with Gasteiger partial charge in [-0.15, -0.1) is 0 Å². The molecule has 1 heterocycles. The van der Waals surface area contributed by atoms with E-state index in [2.05, 4.69) is 6.92 Å². The molecule has 1 aliphatic rings. The van der Waals surface area contributed by atoms with E-state index in [-0.39, 0.29) is 0 Å². The number of allylic oxidation sites excluding steroid dienone is 1. The molecule has 1 aromatic carbocycles. The zero-order valence-corrected chi connectivity index (χ0v) is 15.3. The lowest BCUT2D eigenvalue weighted by atomic mass is 10.0. The Hall–Kier alpha value is -1.52. The minimum atomic E-state index is 0.547. The van der Waals surface area contributed by atoms with Crippen molar-refractivity contribution in [2.75, 3.05) is 46.6 Å². The van der Waals surface area contributed by atoms with E-state index in [1.807, 2.05) is 37.3 Å². The van der Waals surface area contributed by atoms with Crippen LogP contribution >= 0.6 is 0 Å². The molecule has 1 fully saturated rings. The Morgan fingerprint density at radius 1 is 1.21 bits per heavy atom. The number of piperidine rings is 1. The third-order valence-corrected chi connectivity index (χ3v) is 4.50. The molecule has 4 heteroatoms. The molecule has 24 heavy (non-hydrogen) atoms. The van der Waals surface area contributed by atoms with Gasteiger partial charge in [-0.3, -0.25) is 0 Å². The molecule has 4 nitrogen and oxygen atoms in total. The molecule has 1 saturated heterocycles. The van der Waals surface area contributed by atoms with Crippen LogP contribution in [-0.4, -0.2) is 46.6 Å². The van der Waals surface area contributed by atoms with Crippen LogP contribution in [0.1, 0.15) is 32.3 Å². The summed E-state index contributed by atoms with van der Waals surface area (Å²) in [6.45, 7) is 10.0. The average molecular weight is 334 g/mol. The zero-order valence-electron chi connectivity index (χ0n) is 15.3. The predicted octanol–water partition coefficient (Wildman–Crippen LogP) is 2.44. The Bertz CT molecular complexity index is 516. The summed E-state index contributed by atoms with van der Waals surface area (Å²) in [6.07, 6.45) is 6.78. The highest BCUT2D eigenvalue weighted by Crippen LogP contribution is 2.28. The van der Waals surface area contributed by atoms with Crippen LogP contribution in [0.3, 0.4) is 0 Å². The molecule has 0 aromatic heterocycles. The summed E-state index contributed by atoms with van der Waals surface area (Å²) in [5, 5.41) is 0. The average Bonchev–Trinajstić information content (AvgIpc) is 2.59. The van der Waals surface area contributed by atoms with Gasteiger partial charge >= 0.3 is 0 Å². The van der Waals surface area contributed by atoms with Crippen LogP contribution in [0.25, 0.3) is 6.08 Å². The topological polar surface area (TPSA) is 32.1 Å². The quantitative estimate of drug-likeness (QED) is 0.704. The molecule has 2 atom stereocenters. The van der Waals surface area contributed by atoms with Crippen LogP contribution < -0.4 is 14.4 Å². The van der Waals surface area contributed by atoms with E-state index in [1.165, 1.54) is 25.9 Å². The van der Waals surface area contributed by atoms with Gasteiger partial charge in [-0.1, -0.05) is 25.1 Å². The van der Waals surface area contributed by atoms with Crippen LogP contribution in [0, 0.1) is 5.92 Å². The lowest BCUT2D eigenvalue weighted by molar-refractivity contribution is -0.908. The molecular formula is C20H32NO3+. The Balaban J connectivity index is 1.65. The number of hydrogen-bond donors (Lipinski definition) is 1. The highest BCUT2D eigenvalue weighted by atomic mass is 16.5. The Morgan fingerprint density at radius 3 is 2.83 bits per heavy atom. The summed E-state index contributed by atoms with van der Waals surface area (Å²) in [5.74, 6) is 2.39. The number of rotatable bonds is 9. The minimum Gasteiger partial charge on any atom is -0.493 e. The Morgan fingerprint density at radius 2 is 2.08 bits per heavy atom. The summed E-state index contributed by atoms with van der Waals surface area (Å²) in [4.78, 5) is 1.68. The van der Waals surface area contributed by atoms with Crippen molar-refractivity contribution in [2.24, 2.45) is 5.92 Å². The van der Waals surface area contributed by atoms with Gasteiger partial charge in [0.2, 0.25) is 0 Å². The predicted molar refractivity (Wildman–Crippen MR) is 98.0 cm³/mol. The zero-order chi connectivity index (χ0) is 17.2. The molecule has 134 valence electrons. The maximum Gasteiger partial charge on any atom is 0.161 e. The second kappa shape index (κ2) is 10.4. The van der Waals surface area contributed by atoms with Gasteiger partial charge in [0.05, 0.1) is 33.4 Å². The third-order valence-electron chi connectivity index (χ3n) is 4.50. The first kappa shape index (κ1) is 18.8. The maximum absolute atomic E-state index is 5.79. The molecule has 1 unspecified atom stereocenters. The van der Waals surface area contributed by atoms with E-state index in [9.17, 15) is 0 Å². The molecule has 0 aliphatic carbocycles. The van der Waals surface area contributed by atoms with Gasteiger partial charge in [0.1, 0.15) is 13.2 Å². The SMILES string of the molecule is C/C=C/c1ccc(OCCOCC[NH+]2CCC[C@@H](C)C2)c(OC)c1. The number of benzene rings is 1. The van der Waals surface area contributed by atoms with Crippen molar-refractivity contribution in [1.29, 1.82) is 0 Å². The summed E-state index contributed by atoms with van der Waals surface area (Å²) < 4.78 is 16.9. The molecule has 1 N–H and O–H groups in total. The Kier molecular flexibility index (Phi) is 8.13. The molecule has 1 aliphatic heterocycles. The van der Waals surface area contributed by atoms with Gasteiger partial charge in [0.15, 0.2) is 11.5 Å². The lowest BCUT2D eigenvalue weighted by Crippen LogP contribution is -3.14. The van der Waals surface area contributed by atoms with Gasteiger partial charge in [-0.25, -0.2) is 0 Å². The fraction of sp³-hybridized carbons (Fsp3) is 0.600. The van der Waals surface area contributed by atoms with Gasteiger partial charge < -0.3 is 19.1 Å². The molecular weight excluding hydrogens is 302 g/mol. The molecule has 0 spiro atoms. The van der Waals surface area contributed by atoms with E-state index in [0.717, 1.165) is 36.1 Å². The number of ether oxygens (including phenoxy) is 3. The van der Waals surface area contributed by atoms with Crippen LogP contribution in [0.15, 0.2) is 24.3 Å². The molecule has 0 radical (unpaired) electrons.